The van der Waals surface area contributed by atoms with Gasteiger partial charge in [0, 0.05) is 37.5 Å². The standard InChI is InChI=1S/C13H21ClN4O2S/c1-4-11-16-12(14)9(3)13(17-11)15-6-10-7-18(8-10)21(19,20)5-2/h10H,4-8H2,1-3H3,(H,15,16,17). The number of nitrogens with one attached hydrogen (secondary N) is 1. The molecule has 1 aromatic heterocycles. The number of halogens is 1. The number of sulfonamides is 1. The molecule has 21 heavy (non-hydrogen) atoms. The Bertz CT molecular complexity index is 615. The molecule has 1 N–H and O–H groups in total. The molecule has 0 atom stereocenters. The van der Waals surface area contributed by atoms with Crippen molar-refractivity contribution >= 4 is 27.4 Å². The number of aromatic nitrogens is 2. The van der Waals surface area contributed by atoms with Crippen LogP contribution in [0.2, 0.25) is 5.15 Å². The van der Waals surface area contributed by atoms with Crippen LogP contribution in [0.5, 0.6) is 0 Å². The molecule has 1 aliphatic heterocycles. The van der Waals surface area contributed by atoms with Crippen molar-refractivity contribution in [1.82, 2.24) is 14.3 Å². The molecule has 2 heterocycles. The van der Waals surface area contributed by atoms with Gasteiger partial charge < -0.3 is 5.32 Å². The molecule has 0 bridgehead atoms. The molecule has 0 spiro atoms. The van der Waals surface area contributed by atoms with Gasteiger partial charge in [-0.2, -0.15) is 0 Å². The molecule has 8 heteroatoms. The molecule has 0 radical (unpaired) electrons. The summed E-state index contributed by atoms with van der Waals surface area (Å²) in [6, 6.07) is 0. The highest BCUT2D eigenvalue weighted by Crippen LogP contribution is 2.23. The van der Waals surface area contributed by atoms with Gasteiger partial charge in [-0.25, -0.2) is 22.7 Å². The van der Waals surface area contributed by atoms with Gasteiger partial charge in [-0.3, -0.25) is 0 Å². The summed E-state index contributed by atoms with van der Waals surface area (Å²) in [4.78, 5) is 8.62. The minimum atomic E-state index is -3.04. The topological polar surface area (TPSA) is 75.2 Å². The molecular formula is C13H21ClN4O2S. The monoisotopic (exact) mass is 332 g/mol. The molecule has 0 amide bonds. The lowest BCUT2D eigenvalue weighted by molar-refractivity contribution is 0.212. The maximum Gasteiger partial charge on any atom is 0.213 e. The van der Waals surface area contributed by atoms with Crippen LogP contribution in [0.1, 0.15) is 25.2 Å². The predicted molar refractivity (Wildman–Crippen MR) is 84.2 cm³/mol. The average Bonchev–Trinajstić information content (AvgIpc) is 2.41. The maximum atomic E-state index is 11.7. The molecule has 1 aliphatic rings. The van der Waals surface area contributed by atoms with Crippen LogP contribution >= 0.6 is 11.6 Å². The largest absolute Gasteiger partial charge is 0.369 e. The fraction of sp³-hybridized carbons (Fsp3) is 0.692. The van der Waals surface area contributed by atoms with E-state index in [1.165, 1.54) is 4.31 Å². The Morgan fingerprint density at radius 3 is 2.57 bits per heavy atom. The van der Waals surface area contributed by atoms with Crippen LogP contribution in [-0.2, 0) is 16.4 Å². The third kappa shape index (κ3) is 3.64. The Balaban J connectivity index is 1.93. The van der Waals surface area contributed by atoms with Crippen molar-refractivity contribution in [2.24, 2.45) is 5.92 Å². The van der Waals surface area contributed by atoms with E-state index in [0.717, 1.165) is 17.8 Å². The minimum Gasteiger partial charge on any atom is -0.369 e. The molecule has 6 nitrogen and oxygen atoms in total. The van der Waals surface area contributed by atoms with Crippen LogP contribution in [0.3, 0.4) is 0 Å². The van der Waals surface area contributed by atoms with Gasteiger partial charge in [0.1, 0.15) is 16.8 Å². The molecule has 0 aromatic carbocycles. The van der Waals surface area contributed by atoms with E-state index in [-0.39, 0.29) is 5.75 Å². The summed E-state index contributed by atoms with van der Waals surface area (Å²) in [5, 5.41) is 3.73. The van der Waals surface area contributed by atoms with Gasteiger partial charge in [0.2, 0.25) is 10.0 Å². The van der Waals surface area contributed by atoms with Crippen LogP contribution in [-0.4, -0.2) is 48.1 Å². The van der Waals surface area contributed by atoms with Crippen molar-refractivity contribution in [2.75, 3.05) is 30.7 Å². The van der Waals surface area contributed by atoms with Gasteiger partial charge in [0.05, 0.1) is 5.75 Å². The lowest BCUT2D eigenvalue weighted by Gasteiger charge is -2.38. The lowest BCUT2D eigenvalue weighted by atomic mass is 10.0. The first-order valence-corrected chi connectivity index (χ1v) is 9.10. The second-order valence-corrected chi connectivity index (χ2v) is 7.84. The highest BCUT2D eigenvalue weighted by atomic mass is 35.5. The van der Waals surface area contributed by atoms with Crippen LogP contribution in [0.4, 0.5) is 5.82 Å². The molecule has 1 saturated heterocycles. The van der Waals surface area contributed by atoms with E-state index in [1.807, 2.05) is 13.8 Å². The van der Waals surface area contributed by atoms with Gasteiger partial charge in [-0.15, -0.1) is 0 Å². The lowest BCUT2D eigenvalue weighted by Crippen LogP contribution is -2.52. The van der Waals surface area contributed by atoms with E-state index in [1.54, 1.807) is 6.92 Å². The Labute approximate surface area is 131 Å². The summed E-state index contributed by atoms with van der Waals surface area (Å²) in [6.45, 7) is 7.35. The van der Waals surface area contributed by atoms with Gasteiger partial charge in [0.15, 0.2) is 0 Å². The van der Waals surface area contributed by atoms with Crippen molar-refractivity contribution in [1.29, 1.82) is 0 Å². The minimum absolute atomic E-state index is 0.160. The second kappa shape index (κ2) is 6.46. The second-order valence-electron chi connectivity index (χ2n) is 5.22. The fourth-order valence-electron chi connectivity index (χ4n) is 2.17. The van der Waals surface area contributed by atoms with Gasteiger partial charge in [-0.05, 0) is 13.8 Å². The van der Waals surface area contributed by atoms with Crippen LogP contribution in [0.25, 0.3) is 0 Å². The number of rotatable bonds is 6. The number of hydrogen-bond donors (Lipinski definition) is 1. The zero-order chi connectivity index (χ0) is 15.6. The van der Waals surface area contributed by atoms with Crippen molar-refractivity contribution in [3.63, 3.8) is 0 Å². The van der Waals surface area contributed by atoms with E-state index in [0.29, 0.717) is 36.5 Å². The number of aryl methyl sites for hydroxylation is 1. The zero-order valence-electron chi connectivity index (χ0n) is 12.6. The molecule has 0 unspecified atom stereocenters. The third-order valence-corrected chi connectivity index (χ3v) is 5.87. The molecule has 2 rings (SSSR count). The summed E-state index contributed by atoms with van der Waals surface area (Å²) in [6.07, 6.45) is 0.723. The van der Waals surface area contributed by atoms with Crippen LogP contribution in [0.15, 0.2) is 0 Å². The van der Waals surface area contributed by atoms with Crippen LogP contribution < -0.4 is 5.32 Å². The Morgan fingerprint density at radius 1 is 1.33 bits per heavy atom. The molecule has 1 fully saturated rings. The van der Waals surface area contributed by atoms with Gasteiger partial charge >= 0.3 is 0 Å². The van der Waals surface area contributed by atoms with E-state index in [9.17, 15) is 8.42 Å². The smallest absolute Gasteiger partial charge is 0.213 e. The molecule has 0 saturated carbocycles. The van der Waals surface area contributed by atoms with E-state index in [4.69, 9.17) is 11.6 Å². The molecule has 0 aliphatic carbocycles. The fourth-order valence-corrected chi connectivity index (χ4v) is 3.59. The Hall–Kier alpha value is -0.920. The molecule has 118 valence electrons. The predicted octanol–water partition coefficient (Wildman–Crippen LogP) is 1.69. The number of hydrogen-bond acceptors (Lipinski definition) is 5. The first kappa shape index (κ1) is 16.5. The first-order valence-electron chi connectivity index (χ1n) is 7.12. The number of nitrogens with zero attached hydrogens (tertiary/aromatic N) is 3. The Kier molecular flexibility index (Phi) is 5.06. The summed E-state index contributed by atoms with van der Waals surface area (Å²) < 4.78 is 24.8. The summed E-state index contributed by atoms with van der Waals surface area (Å²) in [7, 11) is -3.04. The van der Waals surface area contributed by atoms with Crippen molar-refractivity contribution < 1.29 is 8.42 Å². The third-order valence-electron chi connectivity index (χ3n) is 3.69. The van der Waals surface area contributed by atoms with Crippen molar-refractivity contribution in [2.45, 2.75) is 27.2 Å². The van der Waals surface area contributed by atoms with Gasteiger partial charge in [-0.1, -0.05) is 18.5 Å². The van der Waals surface area contributed by atoms with Crippen molar-refractivity contribution in [3.05, 3.63) is 16.5 Å². The van der Waals surface area contributed by atoms with Crippen molar-refractivity contribution in [3.8, 4) is 0 Å². The summed E-state index contributed by atoms with van der Waals surface area (Å²) >= 11 is 6.08. The highest BCUT2D eigenvalue weighted by Gasteiger charge is 2.34. The van der Waals surface area contributed by atoms with E-state index >= 15 is 0 Å². The van der Waals surface area contributed by atoms with Crippen LogP contribution in [0, 0.1) is 12.8 Å². The SMILES string of the molecule is CCc1nc(Cl)c(C)c(NCC2CN(S(=O)(=O)CC)C2)n1. The normalized spacial score (nSPS) is 16.8. The quantitative estimate of drug-likeness (QED) is 0.802. The zero-order valence-corrected chi connectivity index (χ0v) is 14.1. The average molecular weight is 333 g/mol. The Morgan fingerprint density at radius 2 is 2.00 bits per heavy atom. The molecular weight excluding hydrogens is 312 g/mol. The number of anilines is 1. The van der Waals surface area contributed by atoms with Gasteiger partial charge in [0.25, 0.3) is 0 Å². The maximum absolute atomic E-state index is 11.7. The van der Waals surface area contributed by atoms with E-state index in [2.05, 4.69) is 15.3 Å². The van der Waals surface area contributed by atoms with E-state index < -0.39 is 10.0 Å². The first-order chi connectivity index (χ1) is 9.87. The summed E-state index contributed by atoms with van der Waals surface area (Å²) in [5.41, 5.74) is 0.825. The molecule has 1 aromatic rings. The summed E-state index contributed by atoms with van der Waals surface area (Å²) in [5.74, 6) is 1.92. The highest BCUT2D eigenvalue weighted by molar-refractivity contribution is 7.89.